The Morgan fingerprint density at radius 1 is 1.19 bits per heavy atom. The molecule has 0 saturated carbocycles. The minimum Gasteiger partial charge on any atom is -0.336 e. The van der Waals surface area contributed by atoms with Crippen LogP contribution in [0.3, 0.4) is 0 Å². The third kappa shape index (κ3) is 8.02. The van der Waals surface area contributed by atoms with E-state index in [1.54, 1.807) is 0 Å². The molecule has 6 heteroatoms. The molecule has 21 heavy (non-hydrogen) atoms. The molecule has 1 saturated heterocycles. The van der Waals surface area contributed by atoms with E-state index in [1.165, 1.54) is 6.42 Å². The first-order valence-corrected chi connectivity index (χ1v) is 7.93. The normalized spacial score (nSPS) is 19.8. The number of carbonyl (C=O) groups excluding carboxylic acids is 2. The van der Waals surface area contributed by atoms with Crippen LogP contribution in [0.25, 0.3) is 0 Å². The third-order valence-electron chi connectivity index (χ3n) is 3.46. The fraction of sp³-hybridized carbons (Fsp3) is 0.867. The van der Waals surface area contributed by atoms with Crippen molar-refractivity contribution in [2.24, 2.45) is 5.92 Å². The van der Waals surface area contributed by atoms with Gasteiger partial charge in [-0.1, -0.05) is 13.8 Å². The number of likely N-dealkylation sites (tertiary alicyclic amines) is 1. The van der Waals surface area contributed by atoms with Crippen molar-refractivity contribution in [2.45, 2.75) is 52.6 Å². The fourth-order valence-electron chi connectivity index (χ4n) is 2.53. The van der Waals surface area contributed by atoms with Gasteiger partial charge in [-0.3, -0.25) is 15.0 Å². The van der Waals surface area contributed by atoms with Crippen molar-refractivity contribution in [3.8, 4) is 0 Å². The molecule has 1 aliphatic heterocycles. The zero-order valence-electron chi connectivity index (χ0n) is 13.7. The Labute approximate surface area is 128 Å². The van der Waals surface area contributed by atoms with E-state index in [4.69, 9.17) is 0 Å². The van der Waals surface area contributed by atoms with E-state index in [9.17, 15) is 9.59 Å². The maximum Gasteiger partial charge on any atom is 0.321 e. The lowest BCUT2D eigenvalue weighted by molar-refractivity contribution is -0.121. The molecule has 1 fully saturated rings. The van der Waals surface area contributed by atoms with E-state index >= 15 is 0 Å². The molecule has 3 N–H and O–H groups in total. The van der Waals surface area contributed by atoms with Crippen LogP contribution >= 0.6 is 0 Å². The Morgan fingerprint density at radius 2 is 1.90 bits per heavy atom. The number of carbonyl (C=O) groups is 2. The minimum atomic E-state index is -0.412. The van der Waals surface area contributed by atoms with E-state index in [1.807, 2.05) is 13.8 Å². The summed E-state index contributed by atoms with van der Waals surface area (Å²) in [6, 6.07) is 0.104. The largest absolute Gasteiger partial charge is 0.336 e. The monoisotopic (exact) mass is 298 g/mol. The third-order valence-corrected chi connectivity index (χ3v) is 3.46. The molecule has 1 atom stereocenters. The summed E-state index contributed by atoms with van der Waals surface area (Å²) < 4.78 is 0. The van der Waals surface area contributed by atoms with Crippen LogP contribution < -0.4 is 16.0 Å². The van der Waals surface area contributed by atoms with Gasteiger partial charge in [-0.05, 0) is 45.7 Å². The number of piperidine rings is 1. The number of nitrogens with zero attached hydrogens (tertiary/aromatic N) is 1. The summed E-state index contributed by atoms with van der Waals surface area (Å²) in [6.45, 7) is 11.1. The number of hydrogen-bond acceptors (Lipinski definition) is 4. The molecule has 0 bridgehead atoms. The molecular weight excluding hydrogens is 268 g/mol. The van der Waals surface area contributed by atoms with Gasteiger partial charge in [-0.15, -0.1) is 0 Å². The van der Waals surface area contributed by atoms with E-state index in [2.05, 4.69) is 34.7 Å². The summed E-state index contributed by atoms with van der Waals surface area (Å²) in [7, 11) is 0. The van der Waals surface area contributed by atoms with Gasteiger partial charge in [-0.25, -0.2) is 4.79 Å². The molecule has 0 aromatic rings. The molecule has 0 spiro atoms. The zero-order chi connectivity index (χ0) is 15.8. The predicted molar refractivity (Wildman–Crippen MR) is 84.1 cm³/mol. The van der Waals surface area contributed by atoms with Gasteiger partial charge in [0.1, 0.15) is 0 Å². The average Bonchev–Trinajstić information content (AvgIpc) is 2.35. The number of nitrogens with one attached hydrogen (secondary N) is 3. The summed E-state index contributed by atoms with van der Waals surface area (Å²) >= 11 is 0. The second-order valence-corrected chi connectivity index (χ2v) is 6.48. The van der Waals surface area contributed by atoms with Gasteiger partial charge in [0.05, 0.1) is 6.54 Å². The summed E-state index contributed by atoms with van der Waals surface area (Å²) in [5, 5.41) is 8.48. The van der Waals surface area contributed by atoms with Gasteiger partial charge in [0, 0.05) is 18.6 Å². The SMILES string of the molecule is CC(C)NCC1CCCN(CC(=O)NC(=O)NC(C)C)C1. The number of imide groups is 1. The van der Waals surface area contributed by atoms with Crippen LogP contribution in [0.15, 0.2) is 0 Å². The van der Waals surface area contributed by atoms with Crippen LogP contribution in [0.2, 0.25) is 0 Å². The standard InChI is InChI=1S/C15H30N4O2/c1-11(2)16-8-13-6-5-7-19(9-13)10-14(20)18-15(21)17-12(3)4/h11-13,16H,5-10H2,1-4H3,(H2,17,18,20,21). The Kier molecular flexibility index (Phi) is 7.67. The lowest BCUT2D eigenvalue weighted by atomic mass is 9.98. The van der Waals surface area contributed by atoms with Crippen LogP contribution in [0.5, 0.6) is 0 Å². The maximum atomic E-state index is 11.8. The average molecular weight is 298 g/mol. The highest BCUT2D eigenvalue weighted by Gasteiger charge is 2.22. The van der Waals surface area contributed by atoms with E-state index in [0.717, 1.165) is 26.1 Å². The van der Waals surface area contributed by atoms with Crippen molar-refractivity contribution < 1.29 is 9.59 Å². The highest BCUT2D eigenvalue weighted by molar-refractivity contribution is 5.95. The van der Waals surface area contributed by atoms with E-state index in [0.29, 0.717) is 18.5 Å². The van der Waals surface area contributed by atoms with Gasteiger partial charge < -0.3 is 10.6 Å². The van der Waals surface area contributed by atoms with Gasteiger partial charge in [0.25, 0.3) is 0 Å². The predicted octanol–water partition coefficient (Wildman–Crippen LogP) is 0.931. The van der Waals surface area contributed by atoms with Gasteiger partial charge in [-0.2, -0.15) is 0 Å². The van der Waals surface area contributed by atoms with Crippen LogP contribution in [0.4, 0.5) is 4.79 Å². The van der Waals surface area contributed by atoms with E-state index < -0.39 is 6.03 Å². The summed E-state index contributed by atoms with van der Waals surface area (Å²) in [4.78, 5) is 25.5. The Hall–Kier alpha value is -1.14. The van der Waals surface area contributed by atoms with Crippen molar-refractivity contribution in [2.75, 3.05) is 26.2 Å². The molecule has 6 nitrogen and oxygen atoms in total. The molecular formula is C15H30N4O2. The Bertz CT molecular complexity index is 345. The number of hydrogen-bond donors (Lipinski definition) is 3. The molecule has 0 aliphatic carbocycles. The number of urea groups is 1. The molecule has 0 radical (unpaired) electrons. The highest BCUT2D eigenvalue weighted by atomic mass is 16.2. The van der Waals surface area contributed by atoms with Crippen molar-refractivity contribution in [3.63, 3.8) is 0 Å². The first-order chi connectivity index (χ1) is 9.86. The minimum absolute atomic E-state index is 0.0271. The van der Waals surface area contributed by atoms with Crippen molar-refractivity contribution in [1.82, 2.24) is 20.9 Å². The topological polar surface area (TPSA) is 73.5 Å². The molecule has 1 aliphatic rings. The second kappa shape index (κ2) is 9.00. The molecule has 1 heterocycles. The number of rotatable bonds is 6. The van der Waals surface area contributed by atoms with Gasteiger partial charge in [0.15, 0.2) is 0 Å². The Morgan fingerprint density at radius 3 is 2.52 bits per heavy atom. The van der Waals surface area contributed by atoms with Crippen molar-refractivity contribution in [3.05, 3.63) is 0 Å². The van der Waals surface area contributed by atoms with Crippen LogP contribution in [-0.2, 0) is 4.79 Å². The summed E-state index contributed by atoms with van der Waals surface area (Å²) in [5.41, 5.74) is 0. The first-order valence-electron chi connectivity index (χ1n) is 7.93. The lowest BCUT2D eigenvalue weighted by Gasteiger charge is -2.32. The number of amides is 3. The fourth-order valence-corrected chi connectivity index (χ4v) is 2.53. The van der Waals surface area contributed by atoms with Crippen molar-refractivity contribution >= 4 is 11.9 Å². The Balaban J connectivity index is 2.30. The second-order valence-electron chi connectivity index (χ2n) is 6.48. The zero-order valence-corrected chi connectivity index (χ0v) is 13.7. The molecule has 0 aromatic carbocycles. The molecule has 1 rings (SSSR count). The van der Waals surface area contributed by atoms with E-state index in [-0.39, 0.29) is 11.9 Å². The molecule has 3 amide bonds. The lowest BCUT2D eigenvalue weighted by Crippen LogP contribution is -2.49. The van der Waals surface area contributed by atoms with Crippen LogP contribution in [-0.4, -0.2) is 55.1 Å². The summed E-state index contributed by atoms with van der Waals surface area (Å²) in [6.07, 6.45) is 2.31. The van der Waals surface area contributed by atoms with Gasteiger partial charge >= 0.3 is 6.03 Å². The smallest absolute Gasteiger partial charge is 0.321 e. The van der Waals surface area contributed by atoms with Crippen LogP contribution in [0, 0.1) is 5.92 Å². The van der Waals surface area contributed by atoms with Crippen LogP contribution in [0.1, 0.15) is 40.5 Å². The molecule has 1 unspecified atom stereocenters. The summed E-state index contributed by atoms with van der Waals surface area (Å²) in [5.74, 6) is 0.351. The highest BCUT2D eigenvalue weighted by Crippen LogP contribution is 2.15. The van der Waals surface area contributed by atoms with Gasteiger partial charge in [0.2, 0.25) is 5.91 Å². The maximum absolute atomic E-state index is 11.8. The molecule has 0 aromatic heterocycles. The van der Waals surface area contributed by atoms with Crippen molar-refractivity contribution in [1.29, 1.82) is 0 Å². The molecule has 122 valence electrons. The first kappa shape index (κ1) is 17.9. The quantitative estimate of drug-likeness (QED) is 0.682.